The Morgan fingerprint density at radius 3 is 2.42 bits per heavy atom. The van der Waals surface area contributed by atoms with Crippen molar-refractivity contribution in [1.29, 1.82) is 0 Å². The summed E-state index contributed by atoms with van der Waals surface area (Å²) in [4.78, 5) is 18.0. The fourth-order valence-corrected chi connectivity index (χ4v) is 3.44. The summed E-state index contributed by atoms with van der Waals surface area (Å²) in [5.41, 5.74) is 3.98. The molecular weight excluding hydrogens is 326 g/mol. The number of likely N-dealkylation sites (N-methyl/N-ethyl adjacent to an activating group) is 1. The van der Waals surface area contributed by atoms with Crippen molar-refractivity contribution in [2.24, 2.45) is 4.99 Å². The standard InChI is InChI=1S/C20H33N5O/c1-15-11-16(2)13-17(12-15)5-8-23-20(22-4)24-18-6-9-25(10-7-18)14-19(26)21-3/h11-13,18H,5-10,14H2,1-4H3,(H,21,26)(H2,22,23,24). The Hall–Kier alpha value is -2.08. The quantitative estimate of drug-likeness (QED) is 0.528. The molecule has 3 N–H and O–H groups in total. The first-order valence-electron chi connectivity index (χ1n) is 9.47. The fraction of sp³-hybridized carbons (Fsp3) is 0.600. The first-order valence-corrected chi connectivity index (χ1v) is 9.47. The molecule has 0 aliphatic carbocycles. The zero-order chi connectivity index (χ0) is 18.9. The summed E-state index contributed by atoms with van der Waals surface area (Å²) in [5.74, 6) is 0.944. The van der Waals surface area contributed by atoms with Gasteiger partial charge < -0.3 is 16.0 Å². The van der Waals surface area contributed by atoms with Crippen molar-refractivity contribution in [2.75, 3.05) is 40.3 Å². The number of guanidine groups is 1. The molecule has 1 aromatic rings. The molecule has 0 atom stereocenters. The van der Waals surface area contributed by atoms with Crippen LogP contribution in [0, 0.1) is 13.8 Å². The van der Waals surface area contributed by atoms with E-state index < -0.39 is 0 Å². The smallest absolute Gasteiger partial charge is 0.233 e. The average Bonchev–Trinajstić information content (AvgIpc) is 2.61. The van der Waals surface area contributed by atoms with Crippen molar-refractivity contribution in [3.63, 3.8) is 0 Å². The molecule has 1 saturated heterocycles. The summed E-state index contributed by atoms with van der Waals surface area (Å²) in [6.45, 7) is 7.50. The molecule has 26 heavy (non-hydrogen) atoms. The molecule has 1 aliphatic heterocycles. The van der Waals surface area contributed by atoms with Gasteiger partial charge in [0, 0.05) is 39.8 Å². The lowest BCUT2D eigenvalue weighted by Crippen LogP contribution is -2.50. The largest absolute Gasteiger partial charge is 0.358 e. The molecule has 2 rings (SSSR count). The summed E-state index contributed by atoms with van der Waals surface area (Å²) in [7, 11) is 3.50. The Morgan fingerprint density at radius 2 is 1.85 bits per heavy atom. The van der Waals surface area contributed by atoms with Gasteiger partial charge in [-0.2, -0.15) is 0 Å². The zero-order valence-corrected chi connectivity index (χ0v) is 16.6. The highest BCUT2D eigenvalue weighted by molar-refractivity contribution is 5.80. The Labute approximate surface area is 157 Å². The van der Waals surface area contributed by atoms with E-state index in [4.69, 9.17) is 0 Å². The maximum absolute atomic E-state index is 11.5. The van der Waals surface area contributed by atoms with E-state index in [2.05, 4.69) is 57.9 Å². The molecule has 1 fully saturated rings. The van der Waals surface area contributed by atoms with Crippen LogP contribution in [-0.2, 0) is 11.2 Å². The molecule has 1 aromatic carbocycles. The van der Waals surface area contributed by atoms with Gasteiger partial charge >= 0.3 is 0 Å². The Bertz CT molecular complexity index is 600. The van der Waals surface area contributed by atoms with E-state index in [1.165, 1.54) is 16.7 Å². The second-order valence-corrected chi connectivity index (χ2v) is 7.11. The monoisotopic (exact) mass is 359 g/mol. The van der Waals surface area contributed by atoms with Crippen LogP contribution in [0.3, 0.4) is 0 Å². The van der Waals surface area contributed by atoms with Gasteiger partial charge in [-0.15, -0.1) is 0 Å². The fourth-order valence-electron chi connectivity index (χ4n) is 3.44. The van der Waals surface area contributed by atoms with Gasteiger partial charge in [0.25, 0.3) is 0 Å². The van der Waals surface area contributed by atoms with Crippen molar-refractivity contribution in [3.8, 4) is 0 Å². The third-order valence-corrected chi connectivity index (χ3v) is 4.79. The number of benzene rings is 1. The third-order valence-electron chi connectivity index (χ3n) is 4.79. The number of nitrogens with one attached hydrogen (secondary N) is 3. The predicted molar refractivity (Wildman–Crippen MR) is 108 cm³/mol. The normalized spacial score (nSPS) is 16.4. The number of carbonyl (C=O) groups is 1. The van der Waals surface area contributed by atoms with Crippen molar-refractivity contribution in [2.45, 2.75) is 39.2 Å². The second-order valence-electron chi connectivity index (χ2n) is 7.11. The number of carbonyl (C=O) groups excluding carboxylic acids is 1. The van der Waals surface area contributed by atoms with E-state index in [0.29, 0.717) is 12.6 Å². The summed E-state index contributed by atoms with van der Waals surface area (Å²) < 4.78 is 0. The molecule has 0 bridgehead atoms. The molecule has 144 valence electrons. The summed E-state index contributed by atoms with van der Waals surface area (Å²) >= 11 is 0. The van der Waals surface area contributed by atoms with Crippen molar-refractivity contribution in [1.82, 2.24) is 20.9 Å². The van der Waals surface area contributed by atoms with Crippen molar-refractivity contribution < 1.29 is 4.79 Å². The number of aryl methyl sites for hydroxylation is 2. The number of piperidine rings is 1. The van der Waals surface area contributed by atoms with Crippen LogP contribution in [0.2, 0.25) is 0 Å². The van der Waals surface area contributed by atoms with Crippen LogP contribution in [0.25, 0.3) is 0 Å². The lowest BCUT2D eigenvalue weighted by molar-refractivity contribution is -0.122. The maximum Gasteiger partial charge on any atom is 0.233 e. The molecule has 6 nitrogen and oxygen atoms in total. The lowest BCUT2D eigenvalue weighted by atomic mass is 10.0. The van der Waals surface area contributed by atoms with Crippen LogP contribution in [0.15, 0.2) is 23.2 Å². The molecule has 1 amide bonds. The van der Waals surface area contributed by atoms with Gasteiger partial charge in [-0.25, -0.2) is 0 Å². The third kappa shape index (κ3) is 6.67. The molecule has 0 unspecified atom stereocenters. The van der Waals surface area contributed by atoms with Crippen LogP contribution in [-0.4, -0.2) is 63.1 Å². The van der Waals surface area contributed by atoms with Gasteiger partial charge in [-0.05, 0) is 38.7 Å². The van der Waals surface area contributed by atoms with Crippen LogP contribution in [0.4, 0.5) is 0 Å². The van der Waals surface area contributed by atoms with Crippen LogP contribution >= 0.6 is 0 Å². The van der Waals surface area contributed by atoms with E-state index in [1.54, 1.807) is 7.05 Å². The van der Waals surface area contributed by atoms with E-state index in [1.807, 2.05) is 7.05 Å². The lowest BCUT2D eigenvalue weighted by Gasteiger charge is -2.32. The number of aliphatic imine (C=N–C) groups is 1. The number of amides is 1. The Balaban J connectivity index is 1.72. The number of likely N-dealkylation sites (tertiary alicyclic amines) is 1. The zero-order valence-electron chi connectivity index (χ0n) is 16.6. The minimum absolute atomic E-state index is 0.0836. The van der Waals surface area contributed by atoms with Gasteiger partial charge in [-0.3, -0.25) is 14.7 Å². The average molecular weight is 360 g/mol. The maximum atomic E-state index is 11.5. The van der Waals surface area contributed by atoms with E-state index in [0.717, 1.165) is 44.9 Å². The van der Waals surface area contributed by atoms with Gasteiger partial charge in [0.1, 0.15) is 0 Å². The Morgan fingerprint density at radius 1 is 1.19 bits per heavy atom. The van der Waals surface area contributed by atoms with Gasteiger partial charge in [0.15, 0.2) is 5.96 Å². The number of hydrogen-bond donors (Lipinski definition) is 3. The molecule has 1 aliphatic rings. The summed E-state index contributed by atoms with van der Waals surface area (Å²) in [6, 6.07) is 7.09. The van der Waals surface area contributed by atoms with E-state index >= 15 is 0 Å². The summed E-state index contributed by atoms with van der Waals surface area (Å²) in [5, 5.41) is 9.62. The SMILES string of the molecule is CN=C(NCCc1cc(C)cc(C)c1)NC1CCN(CC(=O)NC)CC1. The van der Waals surface area contributed by atoms with E-state index in [-0.39, 0.29) is 5.91 Å². The second kappa shape index (κ2) is 10.2. The van der Waals surface area contributed by atoms with Crippen LogP contribution < -0.4 is 16.0 Å². The van der Waals surface area contributed by atoms with Gasteiger partial charge in [0.2, 0.25) is 5.91 Å². The van der Waals surface area contributed by atoms with Gasteiger partial charge in [0.05, 0.1) is 6.54 Å². The molecule has 1 heterocycles. The highest BCUT2D eigenvalue weighted by atomic mass is 16.1. The van der Waals surface area contributed by atoms with E-state index in [9.17, 15) is 4.79 Å². The van der Waals surface area contributed by atoms with Gasteiger partial charge in [-0.1, -0.05) is 29.3 Å². The first kappa shape index (κ1) is 20.2. The molecule has 0 saturated carbocycles. The van der Waals surface area contributed by atoms with Crippen LogP contribution in [0.5, 0.6) is 0 Å². The number of rotatable bonds is 6. The number of nitrogens with zero attached hydrogens (tertiary/aromatic N) is 2. The topological polar surface area (TPSA) is 68.8 Å². The molecule has 0 spiro atoms. The highest BCUT2D eigenvalue weighted by Gasteiger charge is 2.21. The highest BCUT2D eigenvalue weighted by Crippen LogP contribution is 2.10. The van der Waals surface area contributed by atoms with Crippen molar-refractivity contribution in [3.05, 3.63) is 34.9 Å². The minimum Gasteiger partial charge on any atom is -0.358 e. The molecular formula is C20H33N5O. The minimum atomic E-state index is 0.0836. The molecule has 6 heteroatoms. The predicted octanol–water partition coefficient (Wildman–Crippen LogP) is 1.22. The number of hydrogen-bond acceptors (Lipinski definition) is 3. The Kier molecular flexibility index (Phi) is 7.91. The molecule has 0 radical (unpaired) electrons. The van der Waals surface area contributed by atoms with Crippen LogP contribution in [0.1, 0.15) is 29.5 Å². The first-order chi connectivity index (χ1) is 12.5. The molecule has 0 aromatic heterocycles. The van der Waals surface area contributed by atoms with Crippen molar-refractivity contribution >= 4 is 11.9 Å². The summed E-state index contributed by atoms with van der Waals surface area (Å²) in [6.07, 6.45) is 3.03.